The van der Waals surface area contributed by atoms with Gasteiger partial charge < -0.3 is 19.3 Å². The lowest BCUT2D eigenvalue weighted by Crippen LogP contribution is -2.24. The molecule has 1 amide bonds. The first-order valence-electron chi connectivity index (χ1n) is 8.12. The molecule has 2 aromatic rings. The lowest BCUT2D eigenvalue weighted by atomic mass is 10.2. The van der Waals surface area contributed by atoms with E-state index in [0.29, 0.717) is 29.2 Å². The van der Waals surface area contributed by atoms with E-state index < -0.39 is 11.9 Å². The fourth-order valence-corrected chi connectivity index (χ4v) is 2.04. The molecule has 0 atom stereocenters. The molecule has 142 valence electrons. The van der Waals surface area contributed by atoms with Gasteiger partial charge in [-0.15, -0.1) is 0 Å². The highest BCUT2D eigenvalue weighted by Crippen LogP contribution is 2.25. The molecule has 8 nitrogen and oxygen atoms in total. The predicted octanol–water partition coefficient (Wildman–Crippen LogP) is 2.11. The summed E-state index contributed by atoms with van der Waals surface area (Å²) in [7, 11) is 1.44. The van der Waals surface area contributed by atoms with Gasteiger partial charge in [0.1, 0.15) is 5.75 Å². The van der Waals surface area contributed by atoms with Crippen molar-refractivity contribution < 1.29 is 28.9 Å². The van der Waals surface area contributed by atoms with Gasteiger partial charge in [-0.1, -0.05) is 0 Å². The number of amides is 1. The number of methoxy groups -OCH3 is 1. The molecule has 0 bridgehead atoms. The van der Waals surface area contributed by atoms with Crippen LogP contribution in [0.4, 0.5) is 0 Å². The Morgan fingerprint density at radius 2 is 1.93 bits per heavy atom. The van der Waals surface area contributed by atoms with Crippen LogP contribution in [0.1, 0.15) is 22.8 Å². The van der Waals surface area contributed by atoms with Crippen molar-refractivity contribution in [3.05, 3.63) is 53.6 Å². The summed E-state index contributed by atoms with van der Waals surface area (Å²) in [6.45, 7) is 1.79. The van der Waals surface area contributed by atoms with E-state index >= 15 is 0 Å². The molecule has 0 spiro atoms. The van der Waals surface area contributed by atoms with Crippen molar-refractivity contribution in [3.8, 4) is 17.2 Å². The van der Waals surface area contributed by atoms with Crippen LogP contribution in [-0.4, -0.2) is 43.5 Å². The van der Waals surface area contributed by atoms with E-state index in [-0.39, 0.29) is 12.4 Å². The number of rotatable bonds is 8. The van der Waals surface area contributed by atoms with E-state index in [2.05, 4.69) is 10.5 Å². The lowest BCUT2D eigenvalue weighted by Gasteiger charge is -2.06. The van der Waals surface area contributed by atoms with Crippen LogP contribution in [0.5, 0.6) is 17.2 Å². The number of esters is 1. The molecule has 27 heavy (non-hydrogen) atoms. The highest BCUT2D eigenvalue weighted by molar-refractivity contribution is 5.89. The van der Waals surface area contributed by atoms with Gasteiger partial charge in [-0.25, -0.2) is 10.2 Å². The van der Waals surface area contributed by atoms with Crippen molar-refractivity contribution in [3.63, 3.8) is 0 Å². The van der Waals surface area contributed by atoms with E-state index in [9.17, 15) is 14.7 Å². The topological polar surface area (TPSA) is 106 Å². The first kappa shape index (κ1) is 19.8. The Bertz CT molecular complexity index is 817. The van der Waals surface area contributed by atoms with Crippen LogP contribution >= 0.6 is 0 Å². The number of phenolic OH excluding ortho intramolecular Hbond substituents is 1. The summed E-state index contributed by atoms with van der Waals surface area (Å²) in [5, 5.41) is 13.3. The summed E-state index contributed by atoms with van der Waals surface area (Å²) < 4.78 is 15.2. The van der Waals surface area contributed by atoms with Gasteiger partial charge in [-0.3, -0.25) is 4.79 Å². The van der Waals surface area contributed by atoms with Gasteiger partial charge in [-0.2, -0.15) is 5.10 Å². The minimum absolute atomic E-state index is 0.0149. The maximum atomic E-state index is 11.8. The monoisotopic (exact) mass is 372 g/mol. The summed E-state index contributed by atoms with van der Waals surface area (Å²) in [5.74, 6) is -0.111. The Labute approximate surface area is 156 Å². The Balaban J connectivity index is 1.81. The van der Waals surface area contributed by atoms with Crippen LogP contribution in [0.25, 0.3) is 0 Å². The van der Waals surface area contributed by atoms with E-state index in [4.69, 9.17) is 14.2 Å². The van der Waals surface area contributed by atoms with Crippen LogP contribution in [0.3, 0.4) is 0 Å². The van der Waals surface area contributed by atoms with Crippen LogP contribution in [-0.2, 0) is 9.53 Å². The number of carbonyl (C=O) groups is 2. The van der Waals surface area contributed by atoms with E-state index in [0.717, 1.165) is 0 Å². The van der Waals surface area contributed by atoms with Crippen LogP contribution in [0.15, 0.2) is 47.6 Å². The molecule has 2 aromatic carbocycles. The standard InChI is InChI=1S/C19H20N2O6/c1-3-26-19(24)14-5-7-15(8-6-14)27-12-18(23)21-20-11-13-4-9-16(22)17(10-13)25-2/h4-11,22H,3,12H2,1-2H3,(H,21,23)/b20-11+. The van der Waals surface area contributed by atoms with Crippen molar-refractivity contribution in [2.45, 2.75) is 6.92 Å². The number of nitrogens with one attached hydrogen (secondary N) is 1. The molecular formula is C19H20N2O6. The fourth-order valence-electron chi connectivity index (χ4n) is 2.04. The third-order valence-corrected chi connectivity index (χ3v) is 3.34. The van der Waals surface area contributed by atoms with Gasteiger partial charge in [0.25, 0.3) is 5.91 Å². The molecule has 0 unspecified atom stereocenters. The molecular weight excluding hydrogens is 352 g/mol. The van der Waals surface area contributed by atoms with Crippen molar-refractivity contribution in [1.29, 1.82) is 0 Å². The summed E-state index contributed by atoms with van der Waals surface area (Å²) in [4.78, 5) is 23.3. The molecule has 0 heterocycles. The minimum Gasteiger partial charge on any atom is -0.504 e. The zero-order chi connectivity index (χ0) is 19.6. The zero-order valence-corrected chi connectivity index (χ0v) is 15.0. The molecule has 0 saturated carbocycles. The quantitative estimate of drug-likeness (QED) is 0.418. The number of phenols is 1. The maximum Gasteiger partial charge on any atom is 0.338 e. The average Bonchev–Trinajstić information content (AvgIpc) is 2.68. The van der Waals surface area contributed by atoms with Gasteiger partial charge in [0.15, 0.2) is 18.1 Å². The van der Waals surface area contributed by atoms with Gasteiger partial charge in [0.05, 0.1) is 25.5 Å². The van der Waals surface area contributed by atoms with Gasteiger partial charge in [-0.05, 0) is 55.0 Å². The smallest absolute Gasteiger partial charge is 0.338 e. The normalized spacial score (nSPS) is 10.4. The zero-order valence-electron chi connectivity index (χ0n) is 15.0. The average molecular weight is 372 g/mol. The van der Waals surface area contributed by atoms with Crippen LogP contribution in [0.2, 0.25) is 0 Å². The summed E-state index contributed by atoms with van der Waals surface area (Å²) in [6.07, 6.45) is 1.41. The van der Waals surface area contributed by atoms with Crippen molar-refractivity contribution in [1.82, 2.24) is 5.43 Å². The highest BCUT2D eigenvalue weighted by atomic mass is 16.5. The lowest BCUT2D eigenvalue weighted by molar-refractivity contribution is -0.123. The van der Waals surface area contributed by atoms with Crippen LogP contribution in [0, 0.1) is 0 Å². The third kappa shape index (κ3) is 6.03. The molecule has 0 aliphatic rings. The SMILES string of the molecule is CCOC(=O)c1ccc(OCC(=O)N/N=C/c2ccc(O)c(OC)c2)cc1. The Kier molecular flexibility index (Phi) is 7.18. The van der Waals surface area contributed by atoms with E-state index in [1.165, 1.54) is 19.4 Å². The summed E-state index contributed by atoms with van der Waals surface area (Å²) in [6, 6.07) is 10.9. The molecule has 0 aliphatic heterocycles. The van der Waals surface area contributed by atoms with Crippen molar-refractivity contribution in [2.24, 2.45) is 5.10 Å². The van der Waals surface area contributed by atoms with Crippen molar-refractivity contribution in [2.75, 3.05) is 20.3 Å². The number of benzene rings is 2. The number of hydrazone groups is 1. The molecule has 0 aromatic heterocycles. The van der Waals surface area contributed by atoms with Gasteiger partial charge in [0, 0.05) is 0 Å². The second kappa shape index (κ2) is 9.81. The first-order valence-corrected chi connectivity index (χ1v) is 8.12. The third-order valence-electron chi connectivity index (χ3n) is 3.34. The fraction of sp³-hybridized carbons (Fsp3) is 0.211. The molecule has 2 rings (SSSR count). The van der Waals surface area contributed by atoms with Crippen molar-refractivity contribution >= 4 is 18.1 Å². The highest BCUT2D eigenvalue weighted by Gasteiger charge is 2.07. The Morgan fingerprint density at radius 3 is 2.59 bits per heavy atom. The predicted molar refractivity (Wildman–Crippen MR) is 98.3 cm³/mol. The first-order chi connectivity index (χ1) is 13.0. The Hall–Kier alpha value is -3.55. The number of ether oxygens (including phenoxy) is 3. The minimum atomic E-state index is -0.452. The Morgan fingerprint density at radius 1 is 1.19 bits per heavy atom. The van der Waals surface area contributed by atoms with Crippen LogP contribution < -0.4 is 14.9 Å². The number of hydrogen-bond donors (Lipinski definition) is 2. The molecule has 0 fully saturated rings. The molecule has 0 aliphatic carbocycles. The second-order valence-electron chi connectivity index (χ2n) is 5.26. The van der Waals surface area contributed by atoms with Gasteiger partial charge in [0.2, 0.25) is 0 Å². The molecule has 2 N–H and O–H groups in total. The number of carbonyl (C=O) groups excluding carboxylic acids is 2. The second-order valence-corrected chi connectivity index (χ2v) is 5.26. The molecule has 0 radical (unpaired) electrons. The van der Waals surface area contributed by atoms with E-state index in [1.807, 2.05) is 0 Å². The van der Waals surface area contributed by atoms with E-state index in [1.54, 1.807) is 43.3 Å². The summed E-state index contributed by atoms with van der Waals surface area (Å²) in [5.41, 5.74) is 3.37. The number of hydrogen-bond acceptors (Lipinski definition) is 7. The summed E-state index contributed by atoms with van der Waals surface area (Å²) >= 11 is 0. The van der Waals surface area contributed by atoms with Gasteiger partial charge >= 0.3 is 5.97 Å². The largest absolute Gasteiger partial charge is 0.504 e. The molecule has 8 heteroatoms. The number of nitrogens with zero attached hydrogens (tertiary/aromatic N) is 1. The molecule has 0 saturated heterocycles. The number of aromatic hydroxyl groups is 1. The maximum absolute atomic E-state index is 11.8.